The molecule has 20 heavy (non-hydrogen) atoms. The molecule has 1 aromatic carbocycles. The monoisotopic (exact) mass is 358 g/mol. The largest absolute Gasteiger partial charge is 0.496 e. The van der Waals surface area contributed by atoms with Crippen LogP contribution in [0.15, 0.2) is 10.5 Å². The van der Waals surface area contributed by atoms with Crippen LogP contribution in [0.2, 0.25) is 0 Å². The Balaban J connectivity index is 2.51. The Kier molecular flexibility index (Phi) is 4.76. The summed E-state index contributed by atoms with van der Waals surface area (Å²) >= 11 is 10.6. The standard InChI is InChI=1S/C17H24BrClO/c1-10-9-13(18)11(2)14(16(10)20-5)15(19)12-7-6-8-17(12,3)4/h9,12,15H,6-8H2,1-5H3. The third kappa shape index (κ3) is 2.74. The summed E-state index contributed by atoms with van der Waals surface area (Å²) in [4.78, 5) is 0. The molecular weight excluding hydrogens is 336 g/mol. The molecule has 1 aliphatic rings. The first-order valence-corrected chi connectivity index (χ1v) is 8.50. The predicted molar refractivity (Wildman–Crippen MR) is 89.9 cm³/mol. The lowest BCUT2D eigenvalue weighted by Gasteiger charge is -2.33. The van der Waals surface area contributed by atoms with Gasteiger partial charge in [-0.3, -0.25) is 0 Å². The molecule has 0 heterocycles. The zero-order valence-corrected chi connectivity index (χ0v) is 15.4. The maximum absolute atomic E-state index is 6.93. The van der Waals surface area contributed by atoms with Gasteiger partial charge in [0.2, 0.25) is 0 Å². The summed E-state index contributed by atoms with van der Waals surface area (Å²) in [5.41, 5.74) is 3.82. The van der Waals surface area contributed by atoms with Crippen LogP contribution in [0.3, 0.4) is 0 Å². The minimum atomic E-state index is 0.0126. The summed E-state index contributed by atoms with van der Waals surface area (Å²) in [6, 6.07) is 2.11. The molecule has 3 heteroatoms. The number of hydrogen-bond acceptors (Lipinski definition) is 1. The van der Waals surface area contributed by atoms with Crippen LogP contribution in [0.5, 0.6) is 5.75 Å². The van der Waals surface area contributed by atoms with Crippen LogP contribution in [0.1, 0.15) is 55.2 Å². The minimum absolute atomic E-state index is 0.0126. The maximum atomic E-state index is 6.93. The van der Waals surface area contributed by atoms with E-state index < -0.39 is 0 Å². The molecule has 0 saturated heterocycles. The number of alkyl halides is 1. The number of methoxy groups -OCH3 is 1. The van der Waals surface area contributed by atoms with Crippen LogP contribution in [0.4, 0.5) is 0 Å². The fraction of sp³-hybridized carbons (Fsp3) is 0.647. The van der Waals surface area contributed by atoms with Crippen LogP contribution in [-0.2, 0) is 0 Å². The fourth-order valence-corrected chi connectivity index (χ4v) is 4.86. The topological polar surface area (TPSA) is 9.23 Å². The van der Waals surface area contributed by atoms with Gasteiger partial charge in [-0.1, -0.05) is 36.2 Å². The molecule has 112 valence electrons. The van der Waals surface area contributed by atoms with Gasteiger partial charge in [0.15, 0.2) is 0 Å². The average molecular weight is 360 g/mol. The number of halogens is 2. The molecule has 2 rings (SSSR count). The van der Waals surface area contributed by atoms with Gasteiger partial charge in [0.05, 0.1) is 12.5 Å². The Morgan fingerprint density at radius 3 is 2.55 bits per heavy atom. The lowest BCUT2D eigenvalue weighted by molar-refractivity contribution is 0.249. The highest BCUT2D eigenvalue weighted by molar-refractivity contribution is 9.10. The van der Waals surface area contributed by atoms with Crippen LogP contribution in [0, 0.1) is 25.2 Å². The van der Waals surface area contributed by atoms with E-state index in [-0.39, 0.29) is 5.38 Å². The highest BCUT2D eigenvalue weighted by Crippen LogP contribution is 2.54. The molecule has 2 atom stereocenters. The number of rotatable bonds is 3. The number of benzene rings is 1. The average Bonchev–Trinajstić information content (AvgIpc) is 2.72. The summed E-state index contributed by atoms with van der Waals surface area (Å²) in [6.45, 7) is 8.88. The van der Waals surface area contributed by atoms with Gasteiger partial charge in [0.25, 0.3) is 0 Å². The zero-order valence-electron chi connectivity index (χ0n) is 13.0. The van der Waals surface area contributed by atoms with Crippen LogP contribution < -0.4 is 4.74 Å². The second-order valence-electron chi connectivity index (χ2n) is 6.64. The van der Waals surface area contributed by atoms with Gasteiger partial charge in [0.1, 0.15) is 5.75 Å². The molecule has 0 spiro atoms. The summed E-state index contributed by atoms with van der Waals surface area (Å²) in [5, 5.41) is 0.0126. The molecule has 0 amide bonds. The molecule has 2 unspecified atom stereocenters. The van der Waals surface area contributed by atoms with Gasteiger partial charge in [-0.15, -0.1) is 11.6 Å². The van der Waals surface area contributed by atoms with Crippen LogP contribution in [-0.4, -0.2) is 7.11 Å². The van der Waals surface area contributed by atoms with Crippen molar-refractivity contribution in [1.29, 1.82) is 0 Å². The van der Waals surface area contributed by atoms with Gasteiger partial charge in [-0.25, -0.2) is 0 Å². The van der Waals surface area contributed by atoms with E-state index in [9.17, 15) is 0 Å². The second-order valence-corrected chi connectivity index (χ2v) is 7.96. The molecule has 1 aromatic rings. The van der Waals surface area contributed by atoms with E-state index in [1.54, 1.807) is 7.11 Å². The molecule has 1 fully saturated rings. The lowest BCUT2D eigenvalue weighted by Crippen LogP contribution is -2.22. The zero-order chi connectivity index (χ0) is 15.1. The Hall–Kier alpha value is -0.210. The smallest absolute Gasteiger partial charge is 0.126 e. The summed E-state index contributed by atoms with van der Waals surface area (Å²) < 4.78 is 6.77. The van der Waals surface area contributed by atoms with E-state index in [2.05, 4.69) is 49.7 Å². The Morgan fingerprint density at radius 1 is 1.40 bits per heavy atom. The van der Waals surface area contributed by atoms with Crippen molar-refractivity contribution in [2.24, 2.45) is 11.3 Å². The predicted octanol–water partition coefficient (Wildman–Crippen LogP) is 6.18. The number of ether oxygens (including phenoxy) is 1. The highest BCUT2D eigenvalue weighted by atomic mass is 79.9. The molecule has 0 aromatic heterocycles. The molecule has 1 saturated carbocycles. The molecule has 0 N–H and O–H groups in total. The first-order chi connectivity index (χ1) is 9.29. The summed E-state index contributed by atoms with van der Waals surface area (Å²) in [7, 11) is 1.74. The van der Waals surface area contributed by atoms with E-state index in [1.165, 1.54) is 30.4 Å². The summed E-state index contributed by atoms with van der Waals surface area (Å²) in [5.74, 6) is 1.46. The molecule has 0 bridgehead atoms. The van der Waals surface area contributed by atoms with Gasteiger partial charge in [-0.2, -0.15) is 0 Å². The van der Waals surface area contributed by atoms with E-state index >= 15 is 0 Å². The van der Waals surface area contributed by atoms with Crippen LogP contribution in [0.25, 0.3) is 0 Å². The SMILES string of the molecule is COc1c(C)cc(Br)c(C)c1C(Cl)C1CCCC1(C)C. The van der Waals surface area contributed by atoms with Crippen LogP contribution >= 0.6 is 27.5 Å². The van der Waals surface area contributed by atoms with Crippen molar-refractivity contribution in [2.45, 2.75) is 52.3 Å². The highest BCUT2D eigenvalue weighted by Gasteiger charge is 2.41. The third-order valence-electron chi connectivity index (χ3n) is 4.88. The summed E-state index contributed by atoms with van der Waals surface area (Å²) in [6.07, 6.45) is 3.74. The van der Waals surface area contributed by atoms with E-state index in [1.807, 2.05) is 0 Å². The third-order valence-corrected chi connectivity index (χ3v) is 6.23. The Morgan fingerprint density at radius 2 is 2.05 bits per heavy atom. The van der Waals surface area contributed by atoms with Crippen molar-refractivity contribution >= 4 is 27.5 Å². The van der Waals surface area contributed by atoms with E-state index in [4.69, 9.17) is 16.3 Å². The molecular formula is C17H24BrClO. The molecule has 0 aliphatic heterocycles. The first-order valence-electron chi connectivity index (χ1n) is 7.27. The van der Waals surface area contributed by atoms with Gasteiger partial charge in [0, 0.05) is 10.0 Å². The molecule has 1 nitrogen and oxygen atoms in total. The maximum Gasteiger partial charge on any atom is 0.126 e. The Labute approximate surface area is 136 Å². The van der Waals surface area contributed by atoms with Crippen molar-refractivity contribution in [3.05, 3.63) is 27.2 Å². The minimum Gasteiger partial charge on any atom is -0.496 e. The van der Waals surface area contributed by atoms with Crippen molar-refractivity contribution in [3.8, 4) is 5.75 Å². The normalized spacial score (nSPS) is 22.9. The van der Waals surface area contributed by atoms with Crippen molar-refractivity contribution in [2.75, 3.05) is 7.11 Å². The van der Waals surface area contributed by atoms with Gasteiger partial charge in [-0.05, 0) is 55.2 Å². The van der Waals surface area contributed by atoms with Crippen molar-refractivity contribution in [3.63, 3.8) is 0 Å². The fourth-order valence-electron chi connectivity index (χ4n) is 3.58. The Bertz CT molecular complexity index is 510. The molecule has 1 aliphatic carbocycles. The van der Waals surface area contributed by atoms with Gasteiger partial charge >= 0.3 is 0 Å². The van der Waals surface area contributed by atoms with Crippen molar-refractivity contribution in [1.82, 2.24) is 0 Å². The van der Waals surface area contributed by atoms with Crippen molar-refractivity contribution < 1.29 is 4.74 Å². The second kappa shape index (κ2) is 5.88. The first kappa shape index (κ1) is 16.2. The number of hydrogen-bond donors (Lipinski definition) is 0. The van der Waals surface area contributed by atoms with Gasteiger partial charge < -0.3 is 4.74 Å². The van der Waals surface area contributed by atoms with E-state index in [0.717, 1.165) is 15.8 Å². The van der Waals surface area contributed by atoms with E-state index in [0.29, 0.717) is 11.3 Å². The molecule has 0 radical (unpaired) electrons. The lowest BCUT2D eigenvalue weighted by atomic mass is 9.77. The number of aryl methyl sites for hydroxylation is 1. The quantitative estimate of drug-likeness (QED) is 0.585.